The van der Waals surface area contributed by atoms with E-state index in [9.17, 15) is 0 Å². The van der Waals surface area contributed by atoms with Crippen molar-refractivity contribution in [3.05, 3.63) is 30.4 Å². The zero-order chi connectivity index (χ0) is 8.27. The molecule has 0 aliphatic rings. The summed E-state index contributed by atoms with van der Waals surface area (Å²) in [7, 11) is 0. The minimum absolute atomic E-state index is 0.764. The molecular formula is C8H11N3. The molecule has 3 heteroatoms. The van der Waals surface area contributed by atoms with Crippen LogP contribution in [0.5, 0.6) is 0 Å². The Kier molecular flexibility index (Phi) is 2.21. The van der Waals surface area contributed by atoms with E-state index in [1.807, 2.05) is 13.8 Å². The van der Waals surface area contributed by atoms with Crippen LogP contribution >= 0.6 is 0 Å². The van der Waals surface area contributed by atoms with E-state index in [2.05, 4.69) is 21.9 Å². The molecule has 0 atom stereocenters. The Hall–Kier alpha value is -1.38. The first kappa shape index (κ1) is 7.72. The molecule has 0 bridgehead atoms. The maximum absolute atomic E-state index is 4.17. The van der Waals surface area contributed by atoms with Crippen molar-refractivity contribution in [3.63, 3.8) is 0 Å². The van der Waals surface area contributed by atoms with Crippen LogP contribution in [0, 0.1) is 13.8 Å². The number of anilines is 1. The monoisotopic (exact) mass is 149 g/mol. The van der Waals surface area contributed by atoms with E-state index in [0.29, 0.717) is 0 Å². The number of aryl methyl sites for hydroxylation is 2. The lowest BCUT2D eigenvalue weighted by Gasteiger charge is -2.02. The fraction of sp³-hybridized carbons (Fsp3) is 0.250. The Morgan fingerprint density at radius 1 is 1.55 bits per heavy atom. The topological polar surface area (TPSA) is 37.8 Å². The molecule has 58 valence electrons. The molecule has 0 radical (unpaired) electrons. The maximum Gasteiger partial charge on any atom is 0.136 e. The molecule has 1 heterocycles. The summed E-state index contributed by atoms with van der Waals surface area (Å²) in [5, 5.41) is 2.93. The van der Waals surface area contributed by atoms with E-state index in [4.69, 9.17) is 0 Å². The SMILES string of the molecule is C=CNc1nc(C)ncc1C. The van der Waals surface area contributed by atoms with Gasteiger partial charge in [0.2, 0.25) is 0 Å². The zero-order valence-corrected chi connectivity index (χ0v) is 6.76. The van der Waals surface area contributed by atoms with Gasteiger partial charge in [0.25, 0.3) is 0 Å². The average molecular weight is 149 g/mol. The lowest BCUT2D eigenvalue weighted by Crippen LogP contribution is -1.97. The second kappa shape index (κ2) is 3.14. The molecule has 0 aliphatic heterocycles. The van der Waals surface area contributed by atoms with Crippen LogP contribution < -0.4 is 5.32 Å². The normalized spacial score (nSPS) is 9.27. The first-order valence-electron chi connectivity index (χ1n) is 3.41. The van der Waals surface area contributed by atoms with E-state index in [1.54, 1.807) is 12.4 Å². The Morgan fingerprint density at radius 3 is 2.91 bits per heavy atom. The van der Waals surface area contributed by atoms with E-state index < -0.39 is 0 Å². The van der Waals surface area contributed by atoms with Gasteiger partial charge in [-0.2, -0.15) is 0 Å². The molecular weight excluding hydrogens is 138 g/mol. The van der Waals surface area contributed by atoms with Crippen LogP contribution in [-0.4, -0.2) is 9.97 Å². The van der Waals surface area contributed by atoms with Crippen LogP contribution in [-0.2, 0) is 0 Å². The first-order chi connectivity index (χ1) is 5.24. The zero-order valence-electron chi connectivity index (χ0n) is 6.76. The van der Waals surface area contributed by atoms with Crippen LogP contribution in [0.15, 0.2) is 19.0 Å². The minimum atomic E-state index is 0.764. The third kappa shape index (κ3) is 1.77. The van der Waals surface area contributed by atoms with E-state index in [0.717, 1.165) is 17.2 Å². The largest absolute Gasteiger partial charge is 0.347 e. The van der Waals surface area contributed by atoms with Crippen molar-refractivity contribution in [2.45, 2.75) is 13.8 Å². The highest BCUT2D eigenvalue weighted by molar-refractivity contribution is 5.43. The summed E-state index contributed by atoms with van der Waals surface area (Å²) in [6, 6.07) is 0. The second-order valence-corrected chi connectivity index (χ2v) is 2.30. The predicted molar refractivity (Wildman–Crippen MR) is 45.3 cm³/mol. The molecule has 0 saturated heterocycles. The number of nitrogens with one attached hydrogen (secondary N) is 1. The van der Waals surface area contributed by atoms with Gasteiger partial charge in [-0.05, 0) is 20.0 Å². The van der Waals surface area contributed by atoms with Gasteiger partial charge in [-0.1, -0.05) is 6.58 Å². The van der Waals surface area contributed by atoms with Crippen molar-refractivity contribution in [2.75, 3.05) is 5.32 Å². The van der Waals surface area contributed by atoms with E-state index >= 15 is 0 Å². The van der Waals surface area contributed by atoms with Crippen molar-refractivity contribution in [3.8, 4) is 0 Å². The van der Waals surface area contributed by atoms with Crippen molar-refractivity contribution in [1.29, 1.82) is 0 Å². The van der Waals surface area contributed by atoms with Crippen LogP contribution in [0.3, 0.4) is 0 Å². The standard InChI is InChI=1S/C8H11N3/c1-4-9-8-6(2)5-10-7(3)11-8/h4-5H,1H2,2-3H3,(H,9,10,11). The smallest absolute Gasteiger partial charge is 0.136 e. The van der Waals surface area contributed by atoms with Crippen molar-refractivity contribution in [1.82, 2.24) is 9.97 Å². The Balaban J connectivity index is 3.01. The quantitative estimate of drug-likeness (QED) is 0.694. The Morgan fingerprint density at radius 2 is 2.27 bits per heavy atom. The van der Waals surface area contributed by atoms with Crippen molar-refractivity contribution < 1.29 is 0 Å². The second-order valence-electron chi connectivity index (χ2n) is 2.30. The highest BCUT2D eigenvalue weighted by Gasteiger charge is 1.96. The Labute approximate surface area is 66.2 Å². The molecule has 0 saturated carbocycles. The molecule has 3 nitrogen and oxygen atoms in total. The van der Waals surface area contributed by atoms with Gasteiger partial charge in [-0.3, -0.25) is 0 Å². The molecule has 0 unspecified atom stereocenters. The number of rotatable bonds is 2. The molecule has 0 aliphatic carbocycles. The van der Waals surface area contributed by atoms with Gasteiger partial charge < -0.3 is 5.32 Å². The molecule has 1 N–H and O–H groups in total. The number of aromatic nitrogens is 2. The van der Waals surface area contributed by atoms with Crippen LogP contribution in [0.1, 0.15) is 11.4 Å². The minimum Gasteiger partial charge on any atom is -0.347 e. The maximum atomic E-state index is 4.17. The van der Waals surface area contributed by atoms with Gasteiger partial charge in [0.05, 0.1) is 0 Å². The lowest BCUT2D eigenvalue weighted by atomic mass is 10.3. The van der Waals surface area contributed by atoms with Gasteiger partial charge in [-0.15, -0.1) is 0 Å². The fourth-order valence-electron chi connectivity index (χ4n) is 0.773. The summed E-state index contributed by atoms with van der Waals surface area (Å²) >= 11 is 0. The van der Waals surface area contributed by atoms with Gasteiger partial charge in [0.1, 0.15) is 11.6 Å². The summed E-state index contributed by atoms with van der Waals surface area (Å²) in [6.07, 6.45) is 3.39. The highest BCUT2D eigenvalue weighted by Crippen LogP contribution is 2.08. The van der Waals surface area contributed by atoms with Crippen molar-refractivity contribution >= 4 is 5.82 Å². The third-order valence-corrected chi connectivity index (χ3v) is 1.33. The molecule has 0 aromatic carbocycles. The lowest BCUT2D eigenvalue weighted by molar-refractivity contribution is 1.03. The van der Waals surface area contributed by atoms with E-state index in [-0.39, 0.29) is 0 Å². The van der Waals surface area contributed by atoms with E-state index in [1.165, 1.54) is 0 Å². The predicted octanol–water partition coefficient (Wildman–Crippen LogP) is 1.65. The molecule has 0 amide bonds. The number of nitrogens with zero attached hydrogens (tertiary/aromatic N) is 2. The molecule has 1 rings (SSSR count). The summed E-state index contributed by atoms with van der Waals surface area (Å²) in [6.45, 7) is 7.36. The summed E-state index contributed by atoms with van der Waals surface area (Å²) in [5.74, 6) is 1.59. The first-order valence-corrected chi connectivity index (χ1v) is 3.41. The molecule has 11 heavy (non-hydrogen) atoms. The summed E-state index contributed by atoms with van der Waals surface area (Å²) in [4.78, 5) is 8.21. The van der Waals surface area contributed by atoms with Gasteiger partial charge in [0.15, 0.2) is 0 Å². The molecule has 1 aromatic heterocycles. The molecule has 1 aromatic rings. The summed E-state index contributed by atoms with van der Waals surface area (Å²) in [5.41, 5.74) is 1.02. The highest BCUT2D eigenvalue weighted by atomic mass is 15.0. The van der Waals surface area contributed by atoms with Gasteiger partial charge in [-0.25, -0.2) is 9.97 Å². The van der Waals surface area contributed by atoms with Gasteiger partial charge in [0, 0.05) is 11.8 Å². The molecule has 0 spiro atoms. The summed E-state index contributed by atoms with van der Waals surface area (Å²) < 4.78 is 0. The Bertz CT molecular complexity index is 268. The molecule has 0 fully saturated rings. The van der Waals surface area contributed by atoms with Crippen LogP contribution in [0.4, 0.5) is 5.82 Å². The van der Waals surface area contributed by atoms with Crippen LogP contribution in [0.25, 0.3) is 0 Å². The van der Waals surface area contributed by atoms with Crippen molar-refractivity contribution in [2.24, 2.45) is 0 Å². The number of hydrogen-bond acceptors (Lipinski definition) is 3. The number of hydrogen-bond donors (Lipinski definition) is 1. The van der Waals surface area contributed by atoms with Gasteiger partial charge >= 0.3 is 0 Å². The van der Waals surface area contributed by atoms with Crippen LogP contribution in [0.2, 0.25) is 0 Å². The third-order valence-electron chi connectivity index (χ3n) is 1.33. The fourth-order valence-corrected chi connectivity index (χ4v) is 0.773. The average Bonchev–Trinajstić information content (AvgIpc) is 1.98.